The molecule has 3 rings (SSSR count). The molecule has 25 heavy (non-hydrogen) atoms. The van der Waals surface area contributed by atoms with Gasteiger partial charge in [-0.1, -0.05) is 0 Å². The lowest BCUT2D eigenvalue weighted by Crippen LogP contribution is -2.46. The molecule has 3 N–H and O–H groups in total. The summed E-state index contributed by atoms with van der Waals surface area (Å²) in [5.41, 5.74) is 1.35. The number of benzene rings is 1. The molecule has 1 aliphatic rings. The maximum absolute atomic E-state index is 13.0. The van der Waals surface area contributed by atoms with Gasteiger partial charge < -0.3 is 15.4 Å². The first-order valence-corrected chi connectivity index (χ1v) is 8.00. The quantitative estimate of drug-likeness (QED) is 0.766. The van der Waals surface area contributed by atoms with Gasteiger partial charge in [-0.05, 0) is 30.7 Å². The highest BCUT2D eigenvalue weighted by molar-refractivity contribution is 5.93. The van der Waals surface area contributed by atoms with Crippen LogP contribution in [0.1, 0.15) is 12.1 Å². The number of rotatable bonds is 5. The molecule has 1 aromatic carbocycles. The van der Waals surface area contributed by atoms with Crippen molar-refractivity contribution in [2.45, 2.75) is 13.0 Å². The number of amides is 1. The summed E-state index contributed by atoms with van der Waals surface area (Å²) in [7, 11) is 0. The van der Waals surface area contributed by atoms with Gasteiger partial charge in [-0.15, -0.1) is 0 Å². The number of carbonyl (C=O) groups is 2. The van der Waals surface area contributed by atoms with E-state index in [1.165, 1.54) is 24.3 Å². The van der Waals surface area contributed by atoms with Crippen molar-refractivity contribution in [2.24, 2.45) is 11.8 Å². The van der Waals surface area contributed by atoms with Gasteiger partial charge in [0.1, 0.15) is 5.82 Å². The van der Waals surface area contributed by atoms with Crippen molar-refractivity contribution in [1.82, 2.24) is 14.9 Å². The average Bonchev–Trinajstić information content (AvgIpc) is 3.09. The summed E-state index contributed by atoms with van der Waals surface area (Å²) in [4.78, 5) is 32.8. The molecule has 2 heterocycles. The standard InChI is InChI=1S/C17H19FN4O3/c18-13-1-3-14(4-2-13)21-16(23)11-5-12(17(24)25)8-22(7-11)9-15-6-19-10-20-15/h1-4,6,10-12H,5,7-9H2,(H,19,20)(H,21,23)(H,24,25)/t11-,12-/m0/s1. The van der Waals surface area contributed by atoms with E-state index in [0.29, 0.717) is 25.3 Å². The molecule has 1 amide bonds. The molecule has 1 saturated heterocycles. The molecule has 1 aliphatic heterocycles. The molecule has 0 spiro atoms. The first-order chi connectivity index (χ1) is 12.0. The number of hydrogen-bond donors (Lipinski definition) is 3. The minimum atomic E-state index is -0.908. The highest BCUT2D eigenvalue weighted by Crippen LogP contribution is 2.25. The second kappa shape index (κ2) is 7.43. The van der Waals surface area contributed by atoms with E-state index in [9.17, 15) is 19.1 Å². The summed E-state index contributed by atoms with van der Waals surface area (Å²) in [6.07, 6.45) is 3.52. The lowest BCUT2D eigenvalue weighted by Gasteiger charge is -2.35. The Bertz CT molecular complexity index is 733. The number of halogens is 1. The van der Waals surface area contributed by atoms with Crippen LogP contribution in [0, 0.1) is 17.7 Å². The molecule has 1 aromatic heterocycles. The number of imidazole rings is 1. The smallest absolute Gasteiger partial charge is 0.307 e. The average molecular weight is 346 g/mol. The summed E-state index contributed by atoms with van der Waals surface area (Å²) < 4.78 is 13.0. The maximum atomic E-state index is 13.0. The fraction of sp³-hybridized carbons (Fsp3) is 0.353. The highest BCUT2D eigenvalue weighted by atomic mass is 19.1. The predicted octanol–water partition coefficient (Wildman–Crippen LogP) is 1.71. The number of nitrogens with zero attached hydrogens (tertiary/aromatic N) is 2. The van der Waals surface area contributed by atoms with Crippen molar-refractivity contribution >= 4 is 17.6 Å². The Kier molecular flexibility index (Phi) is 5.08. The van der Waals surface area contributed by atoms with Crippen molar-refractivity contribution in [2.75, 3.05) is 18.4 Å². The third-order valence-electron chi connectivity index (χ3n) is 4.31. The van der Waals surface area contributed by atoms with E-state index in [0.717, 1.165) is 5.69 Å². The minimum Gasteiger partial charge on any atom is -0.481 e. The van der Waals surface area contributed by atoms with E-state index in [1.54, 1.807) is 12.5 Å². The summed E-state index contributed by atoms with van der Waals surface area (Å²) in [6, 6.07) is 5.49. The third-order valence-corrected chi connectivity index (χ3v) is 4.31. The molecular formula is C17H19FN4O3. The molecule has 0 saturated carbocycles. The van der Waals surface area contributed by atoms with E-state index in [4.69, 9.17) is 0 Å². The first kappa shape index (κ1) is 17.1. The summed E-state index contributed by atoms with van der Waals surface area (Å²) in [5.74, 6) is -2.61. The van der Waals surface area contributed by atoms with E-state index < -0.39 is 17.8 Å². The zero-order valence-corrected chi connectivity index (χ0v) is 13.5. The van der Waals surface area contributed by atoms with Crippen LogP contribution in [0.2, 0.25) is 0 Å². The first-order valence-electron chi connectivity index (χ1n) is 8.00. The van der Waals surface area contributed by atoms with Crippen molar-refractivity contribution in [3.63, 3.8) is 0 Å². The number of nitrogens with one attached hydrogen (secondary N) is 2. The van der Waals surface area contributed by atoms with E-state index in [1.807, 2.05) is 4.90 Å². The highest BCUT2D eigenvalue weighted by Gasteiger charge is 2.35. The number of anilines is 1. The molecule has 0 radical (unpaired) electrons. The fourth-order valence-electron chi connectivity index (χ4n) is 3.08. The number of H-pyrrole nitrogens is 1. The Morgan fingerprint density at radius 3 is 2.64 bits per heavy atom. The number of aliphatic carboxylic acids is 1. The predicted molar refractivity (Wildman–Crippen MR) is 88.1 cm³/mol. The Balaban J connectivity index is 1.68. The third kappa shape index (κ3) is 4.42. The summed E-state index contributed by atoms with van der Waals surface area (Å²) >= 11 is 0. The molecule has 132 valence electrons. The molecule has 0 bridgehead atoms. The molecule has 0 aliphatic carbocycles. The van der Waals surface area contributed by atoms with Gasteiger partial charge in [0, 0.05) is 37.2 Å². The topological polar surface area (TPSA) is 98.3 Å². The number of carboxylic acid groups (broad SMARTS) is 1. The second-order valence-electron chi connectivity index (χ2n) is 6.23. The number of carboxylic acids is 1. The lowest BCUT2D eigenvalue weighted by molar-refractivity contribution is -0.145. The van der Waals surface area contributed by atoms with Crippen LogP contribution in [-0.4, -0.2) is 44.9 Å². The largest absolute Gasteiger partial charge is 0.481 e. The Morgan fingerprint density at radius 2 is 2.00 bits per heavy atom. The van der Waals surface area contributed by atoms with Crippen LogP contribution in [0.15, 0.2) is 36.8 Å². The lowest BCUT2D eigenvalue weighted by atomic mass is 9.88. The number of aromatic nitrogens is 2. The summed E-state index contributed by atoms with van der Waals surface area (Å²) in [5, 5.41) is 12.1. The Morgan fingerprint density at radius 1 is 1.28 bits per heavy atom. The number of likely N-dealkylation sites (tertiary alicyclic amines) is 1. The van der Waals surface area contributed by atoms with Crippen LogP contribution in [0.3, 0.4) is 0 Å². The van der Waals surface area contributed by atoms with Crippen molar-refractivity contribution in [1.29, 1.82) is 0 Å². The number of carbonyl (C=O) groups excluding carboxylic acids is 1. The Hall–Kier alpha value is -2.74. The van der Waals surface area contributed by atoms with Crippen LogP contribution in [0.5, 0.6) is 0 Å². The van der Waals surface area contributed by atoms with Crippen LogP contribution in [0.4, 0.5) is 10.1 Å². The van der Waals surface area contributed by atoms with Crippen molar-refractivity contribution in [3.05, 3.63) is 48.3 Å². The van der Waals surface area contributed by atoms with E-state index in [2.05, 4.69) is 15.3 Å². The zero-order valence-electron chi connectivity index (χ0n) is 13.5. The van der Waals surface area contributed by atoms with Crippen LogP contribution >= 0.6 is 0 Å². The van der Waals surface area contributed by atoms with Gasteiger partial charge in [-0.2, -0.15) is 0 Å². The van der Waals surface area contributed by atoms with Gasteiger partial charge in [0.15, 0.2) is 0 Å². The molecule has 2 aromatic rings. The number of hydrogen-bond acceptors (Lipinski definition) is 4. The van der Waals surface area contributed by atoms with Gasteiger partial charge in [-0.25, -0.2) is 9.37 Å². The van der Waals surface area contributed by atoms with Gasteiger partial charge in [0.05, 0.1) is 18.2 Å². The number of aromatic amines is 1. The minimum absolute atomic E-state index is 0.257. The molecule has 7 nitrogen and oxygen atoms in total. The van der Waals surface area contributed by atoms with Crippen molar-refractivity contribution in [3.8, 4) is 0 Å². The zero-order chi connectivity index (χ0) is 17.8. The van der Waals surface area contributed by atoms with E-state index in [-0.39, 0.29) is 18.1 Å². The van der Waals surface area contributed by atoms with Crippen LogP contribution < -0.4 is 5.32 Å². The van der Waals surface area contributed by atoms with Gasteiger partial charge in [-0.3, -0.25) is 14.5 Å². The van der Waals surface area contributed by atoms with Crippen LogP contribution in [0.25, 0.3) is 0 Å². The molecule has 2 atom stereocenters. The van der Waals surface area contributed by atoms with Gasteiger partial charge in [0.2, 0.25) is 5.91 Å². The van der Waals surface area contributed by atoms with Crippen LogP contribution in [-0.2, 0) is 16.1 Å². The fourth-order valence-corrected chi connectivity index (χ4v) is 3.08. The van der Waals surface area contributed by atoms with Gasteiger partial charge in [0.25, 0.3) is 0 Å². The SMILES string of the molecule is O=C(O)[C@H]1C[C@H](C(=O)Nc2ccc(F)cc2)CN(Cc2cnc[nH]2)C1. The second-order valence-corrected chi connectivity index (χ2v) is 6.23. The molecule has 8 heteroatoms. The molecular weight excluding hydrogens is 327 g/mol. The normalized spacial score (nSPS) is 21.0. The summed E-state index contributed by atoms with van der Waals surface area (Å²) in [6.45, 7) is 1.34. The van der Waals surface area contributed by atoms with Crippen molar-refractivity contribution < 1.29 is 19.1 Å². The van der Waals surface area contributed by atoms with Gasteiger partial charge >= 0.3 is 5.97 Å². The molecule has 1 fully saturated rings. The Labute approximate surface area is 143 Å². The van der Waals surface area contributed by atoms with E-state index >= 15 is 0 Å². The monoisotopic (exact) mass is 346 g/mol. The maximum Gasteiger partial charge on any atom is 0.307 e. The number of piperidine rings is 1. The molecule has 0 unspecified atom stereocenters.